The van der Waals surface area contributed by atoms with Crippen LogP contribution in [0.4, 0.5) is 5.69 Å². The van der Waals surface area contributed by atoms with Gasteiger partial charge in [0.25, 0.3) is 5.69 Å². The number of carbonyl (C=O) groups is 1. The number of hydrogen-bond acceptors (Lipinski definition) is 6. The van der Waals surface area contributed by atoms with Gasteiger partial charge in [-0.2, -0.15) is 4.72 Å². The van der Waals surface area contributed by atoms with E-state index in [0.29, 0.717) is 25.2 Å². The lowest BCUT2D eigenvalue weighted by Gasteiger charge is -2.33. The van der Waals surface area contributed by atoms with Crippen LogP contribution in [0.3, 0.4) is 0 Å². The molecule has 12 heteroatoms. The van der Waals surface area contributed by atoms with Gasteiger partial charge in [0.2, 0.25) is 15.9 Å². The summed E-state index contributed by atoms with van der Waals surface area (Å²) in [6, 6.07) is 16.6. The van der Waals surface area contributed by atoms with Crippen molar-refractivity contribution in [3.8, 4) is 0 Å². The third-order valence-corrected chi connectivity index (χ3v) is 8.13. The lowest BCUT2D eigenvalue weighted by molar-refractivity contribution is -0.384. The van der Waals surface area contributed by atoms with E-state index >= 15 is 0 Å². The molecule has 1 heterocycles. The molecular weight excluding hydrogens is 508 g/mol. The number of sulfonamides is 1. The van der Waals surface area contributed by atoms with Crippen molar-refractivity contribution in [1.82, 2.24) is 14.9 Å². The lowest BCUT2D eigenvalue weighted by Crippen LogP contribution is -2.51. The van der Waals surface area contributed by atoms with Crippen LogP contribution in [0.25, 0.3) is 10.8 Å². The van der Waals surface area contributed by atoms with Gasteiger partial charge in [0, 0.05) is 31.8 Å². The predicted octanol–water partition coefficient (Wildman–Crippen LogP) is 2.36. The first kappa shape index (κ1) is 27.0. The van der Waals surface area contributed by atoms with E-state index in [1.165, 1.54) is 30.3 Å². The Morgan fingerprint density at radius 3 is 2.53 bits per heavy atom. The quantitative estimate of drug-likeness (QED) is 0.140. The van der Waals surface area contributed by atoms with Crippen LogP contribution in [0.2, 0.25) is 0 Å². The average molecular weight is 539 g/mol. The molecule has 1 saturated heterocycles. The highest BCUT2D eigenvalue weighted by atomic mass is 32.2. The summed E-state index contributed by atoms with van der Waals surface area (Å²) in [5, 5.41) is 23.2. The van der Waals surface area contributed by atoms with Crippen LogP contribution in [0, 0.1) is 21.4 Å². The predicted molar refractivity (Wildman–Crippen MR) is 144 cm³/mol. The number of fused-ring (bicyclic) bond motifs is 1. The molecule has 38 heavy (non-hydrogen) atoms. The number of nitro groups is 1. The van der Waals surface area contributed by atoms with Crippen molar-refractivity contribution in [3.63, 3.8) is 0 Å². The van der Waals surface area contributed by atoms with Crippen molar-refractivity contribution in [2.45, 2.75) is 30.2 Å². The van der Waals surface area contributed by atoms with Gasteiger partial charge in [0.15, 0.2) is 5.96 Å². The molecule has 1 fully saturated rings. The number of benzene rings is 3. The van der Waals surface area contributed by atoms with Gasteiger partial charge in [0.05, 0.1) is 9.82 Å². The van der Waals surface area contributed by atoms with Crippen LogP contribution < -0.4 is 15.8 Å². The van der Waals surface area contributed by atoms with Gasteiger partial charge in [-0.1, -0.05) is 42.5 Å². The summed E-state index contributed by atoms with van der Waals surface area (Å²) in [4.78, 5) is 25.5. The largest absolute Gasteiger partial charge is 0.370 e. The molecule has 4 rings (SSSR count). The summed E-state index contributed by atoms with van der Waals surface area (Å²) < 4.78 is 29.2. The van der Waals surface area contributed by atoms with E-state index < -0.39 is 26.9 Å². The maximum Gasteiger partial charge on any atom is 0.269 e. The number of likely N-dealkylation sites (tertiary alicyclic amines) is 1. The fourth-order valence-electron chi connectivity index (χ4n) is 4.59. The fraction of sp³-hybridized carbons (Fsp3) is 0.308. The first-order valence-corrected chi connectivity index (χ1v) is 13.7. The number of piperidine rings is 1. The van der Waals surface area contributed by atoms with Crippen LogP contribution >= 0.6 is 0 Å². The smallest absolute Gasteiger partial charge is 0.269 e. The summed E-state index contributed by atoms with van der Waals surface area (Å²) in [5.74, 6) is -0.457. The molecule has 1 aliphatic heterocycles. The Morgan fingerprint density at radius 2 is 1.84 bits per heavy atom. The number of non-ortho nitro benzene ring substituents is 1. The molecule has 1 amide bonds. The molecule has 0 saturated carbocycles. The highest BCUT2D eigenvalue weighted by Crippen LogP contribution is 2.20. The Kier molecular flexibility index (Phi) is 8.23. The normalized spacial score (nSPS) is 16.6. The molecule has 2 atom stereocenters. The molecule has 5 N–H and O–H groups in total. The van der Waals surface area contributed by atoms with Gasteiger partial charge >= 0.3 is 0 Å². The second kappa shape index (κ2) is 11.6. The number of nitrogens with one attached hydrogen (secondary N) is 3. The third kappa shape index (κ3) is 6.64. The molecule has 1 unspecified atom stereocenters. The van der Waals surface area contributed by atoms with Crippen LogP contribution in [-0.2, 0) is 21.2 Å². The number of rotatable bonds is 9. The second-order valence-corrected chi connectivity index (χ2v) is 11.1. The standard InChI is InChI=1S/C26H30N6O5S/c27-26(28)31-13-3-4-19(17-31)16-29-25(33)24(14-18-7-10-22(11-8-18)32(34)35)30-38(36,37)23-12-9-20-5-1-2-6-21(20)15-23/h1-2,5-12,15,19,24,30H,3-4,13-14,16-17H2,(H3,27,28)(H,29,33)/t19?,24-/m1/s1. The van der Waals surface area contributed by atoms with Crippen LogP contribution in [-0.4, -0.2) is 55.8 Å². The van der Waals surface area contributed by atoms with Crippen LogP contribution in [0.5, 0.6) is 0 Å². The monoisotopic (exact) mass is 538 g/mol. The molecule has 3 aromatic rings. The molecular formula is C26H30N6O5S. The van der Waals surface area contributed by atoms with Crippen LogP contribution in [0.15, 0.2) is 71.6 Å². The summed E-state index contributed by atoms with van der Waals surface area (Å²) in [5.41, 5.74) is 6.08. The van der Waals surface area contributed by atoms with Crippen molar-refractivity contribution in [2.75, 3.05) is 19.6 Å². The molecule has 0 aliphatic carbocycles. The number of hydrogen-bond donors (Lipinski definition) is 4. The average Bonchev–Trinajstić information content (AvgIpc) is 2.91. The molecule has 11 nitrogen and oxygen atoms in total. The third-order valence-electron chi connectivity index (χ3n) is 6.66. The summed E-state index contributed by atoms with van der Waals surface area (Å²) in [7, 11) is -4.07. The van der Waals surface area contributed by atoms with E-state index in [1.807, 2.05) is 24.3 Å². The van der Waals surface area contributed by atoms with Gasteiger partial charge in [-0.05, 0) is 53.6 Å². The number of carbonyl (C=O) groups excluding carboxylic acids is 1. The zero-order chi connectivity index (χ0) is 27.3. The fourth-order valence-corrected chi connectivity index (χ4v) is 5.82. The summed E-state index contributed by atoms with van der Waals surface area (Å²) >= 11 is 0. The minimum absolute atomic E-state index is 0.000870. The van der Waals surface area contributed by atoms with E-state index in [1.54, 1.807) is 17.0 Å². The van der Waals surface area contributed by atoms with E-state index in [9.17, 15) is 23.3 Å². The minimum atomic E-state index is -4.07. The Labute approximate surface area is 220 Å². The summed E-state index contributed by atoms with van der Waals surface area (Å²) in [6.45, 7) is 1.52. The molecule has 3 aromatic carbocycles. The van der Waals surface area contributed by atoms with E-state index in [0.717, 1.165) is 23.6 Å². The lowest BCUT2D eigenvalue weighted by atomic mass is 9.98. The molecule has 0 spiro atoms. The Balaban J connectivity index is 1.53. The number of amides is 1. The summed E-state index contributed by atoms with van der Waals surface area (Å²) in [6.07, 6.45) is 1.68. The van der Waals surface area contributed by atoms with E-state index in [-0.39, 0.29) is 28.9 Å². The van der Waals surface area contributed by atoms with E-state index in [4.69, 9.17) is 11.1 Å². The highest BCUT2D eigenvalue weighted by molar-refractivity contribution is 7.89. The van der Waals surface area contributed by atoms with Gasteiger partial charge in [-0.15, -0.1) is 0 Å². The van der Waals surface area contributed by atoms with Gasteiger partial charge in [0.1, 0.15) is 6.04 Å². The minimum Gasteiger partial charge on any atom is -0.370 e. The zero-order valence-corrected chi connectivity index (χ0v) is 21.5. The Hall–Kier alpha value is -4.03. The van der Waals surface area contributed by atoms with Crippen molar-refractivity contribution in [3.05, 3.63) is 82.4 Å². The Bertz CT molecular complexity index is 1440. The van der Waals surface area contributed by atoms with Crippen molar-refractivity contribution in [1.29, 1.82) is 5.41 Å². The Morgan fingerprint density at radius 1 is 1.13 bits per heavy atom. The van der Waals surface area contributed by atoms with Gasteiger partial charge in [-0.3, -0.25) is 20.3 Å². The molecule has 1 aliphatic rings. The first-order valence-electron chi connectivity index (χ1n) is 12.2. The topological polar surface area (TPSA) is 172 Å². The van der Waals surface area contributed by atoms with Crippen molar-refractivity contribution < 1.29 is 18.1 Å². The first-order chi connectivity index (χ1) is 18.1. The van der Waals surface area contributed by atoms with Gasteiger partial charge in [-0.25, -0.2) is 8.42 Å². The number of nitrogens with two attached hydrogens (primary N) is 1. The number of nitro benzene ring substituents is 1. The zero-order valence-electron chi connectivity index (χ0n) is 20.7. The number of guanidine groups is 1. The van der Waals surface area contributed by atoms with Crippen molar-refractivity contribution in [2.24, 2.45) is 11.7 Å². The SMILES string of the molecule is N=C(N)N1CCCC(CNC(=O)[C@@H](Cc2ccc([N+](=O)[O-])cc2)NS(=O)(=O)c2ccc3ccccc3c2)C1. The van der Waals surface area contributed by atoms with Gasteiger partial charge < -0.3 is 16.0 Å². The van der Waals surface area contributed by atoms with Crippen LogP contribution in [0.1, 0.15) is 18.4 Å². The highest BCUT2D eigenvalue weighted by Gasteiger charge is 2.28. The maximum absolute atomic E-state index is 13.3. The maximum atomic E-state index is 13.3. The van der Waals surface area contributed by atoms with E-state index in [2.05, 4.69) is 10.0 Å². The molecule has 0 aromatic heterocycles. The number of nitrogens with zero attached hydrogens (tertiary/aromatic N) is 2. The molecule has 0 bridgehead atoms. The van der Waals surface area contributed by atoms with Crippen molar-refractivity contribution >= 4 is 38.3 Å². The molecule has 200 valence electrons. The molecule has 0 radical (unpaired) electrons. The second-order valence-electron chi connectivity index (χ2n) is 9.40.